The van der Waals surface area contributed by atoms with Gasteiger partial charge in [-0.1, -0.05) is 47.0 Å². The third kappa shape index (κ3) is 5.63. The summed E-state index contributed by atoms with van der Waals surface area (Å²) in [6.07, 6.45) is 5.22. The number of carbonyl (C=O) groups excluding carboxylic acids is 2. The fourth-order valence-corrected chi connectivity index (χ4v) is 4.52. The molecule has 1 N–H and O–H groups in total. The molecule has 0 spiro atoms. The van der Waals surface area contributed by atoms with Gasteiger partial charge in [-0.05, 0) is 61.6 Å². The molecule has 0 radical (unpaired) electrons. The molecule has 32 heavy (non-hydrogen) atoms. The number of rotatable bonds is 8. The molecule has 170 valence electrons. The molecule has 0 saturated heterocycles. The molecule has 0 bridgehead atoms. The Morgan fingerprint density at radius 1 is 1.06 bits per heavy atom. The van der Waals surface area contributed by atoms with E-state index in [1.165, 1.54) is 0 Å². The third-order valence-electron chi connectivity index (χ3n) is 6.20. The first-order valence-electron chi connectivity index (χ1n) is 11.2. The lowest BCUT2D eigenvalue weighted by atomic mass is 10.1. The Hall–Kier alpha value is -2.54. The Bertz CT molecular complexity index is 957. The van der Waals surface area contributed by atoms with E-state index in [9.17, 15) is 9.59 Å². The van der Waals surface area contributed by atoms with Crippen LogP contribution in [-0.4, -0.2) is 35.6 Å². The normalized spacial score (nSPS) is 16.1. The first kappa shape index (κ1) is 22.6. The molecule has 1 aliphatic heterocycles. The second-order valence-corrected chi connectivity index (χ2v) is 9.42. The van der Waals surface area contributed by atoms with Gasteiger partial charge in [0, 0.05) is 23.5 Å². The molecule has 2 aromatic rings. The summed E-state index contributed by atoms with van der Waals surface area (Å²) in [5.74, 6) is 1.32. The third-order valence-corrected chi connectivity index (χ3v) is 6.73. The quantitative estimate of drug-likeness (QED) is 0.575. The predicted molar refractivity (Wildman–Crippen MR) is 125 cm³/mol. The van der Waals surface area contributed by atoms with Gasteiger partial charge in [0.05, 0.1) is 0 Å². The van der Waals surface area contributed by atoms with Gasteiger partial charge >= 0.3 is 0 Å². The van der Waals surface area contributed by atoms with Crippen molar-refractivity contribution in [2.45, 2.75) is 64.1 Å². The van der Waals surface area contributed by atoms with Gasteiger partial charge in [0.15, 0.2) is 11.5 Å². The van der Waals surface area contributed by atoms with Crippen LogP contribution in [0.2, 0.25) is 0 Å². The number of nitrogens with one attached hydrogen (secondary N) is 1. The van der Waals surface area contributed by atoms with Crippen molar-refractivity contribution in [3.05, 3.63) is 58.1 Å². The Morgan fingerprint density at radius 2 is 1.75 bits per heavy atom. The molecule has 1 aliphatic carbocycles. The number of hydrogen-bond acceptors (Lipinski definition) is 4. The second-order valence-electron chi connectivity index (χ2n) is 8.50. The van der Waals surface area contributed by atoms with Crippen molar-refractivity contribution in [2.75, 3.05) is 6.79 Å². The minimum atomic E-state index is -0.538. The van der Waals surface area contributed by atoms with Crippen molar-refractivity contribution in [1.29, 1.82) is 0 Å². The summed E-state index contributed by atoms with van der Waals surface area (Å²) in [4.78, 5) is 27.9. The minimum absolute atomic E-state index is 0.0420. The molecule has 1 saturated carbocycles. The monoisotopic (exact) mass is 500 g/mol. The zero-order chi connectivity index (χ0) is 22.5. The highest BCUT2D eigenvalue weighted by molar-refractivity contribution is 9.10. The Kier molecular flexibility index (Phi) is 7.35. The lowest BCUT2D eigenvalue weighted by Gasteiger charge is -2.30. The minimum Gasteiger partial charge on any atom is -0.454 e. The van der Waals surface area contributed by atoms with Crippen molar-refractivity contribution < 1.29 is 19.1 Å². The Balaban J connectivity index is 1.44. The number of ether oxygens (including phenoxy) is 2. The van der Waals surface area contributed by atoms with Crippen LogP contribution in [0.15, 0.2) is 46.9 Å². The standard InChI is InChI=1S/C25H29BrN2O4/c1-17(25(30)27-21-4-2-3-5-21)28(15-19-6-10-20(26)11-7-19)24(29)13-9-18-8-12-22-23(14-18)32-16-31-22/h6-8,10-12,14,17,21H,2-5,9,13,15-16H2,1H3,(H,27,30)/t17-/m1/s1. The zero-order valence-corrected chi connectivity index (χ0v) is 19.9. The van der Waals surface area contributed by atoms with Crippen molar-refractivity contribution in [2.24, 2.45) is 0 Å². The van der Waals surface area contributed by atoms with Gasteiger partial charge in [-0.25, -0.2) is 0 Å². The van der Waals surface area contributed by atoms with Crippen LogP contribution < -0.4 is 14.8 Å². The molecule has 1 atom stereocenters. The van der Waals surface area contributed by atoms with Crippen LogP contribution in [0, 0.1) is 0 Å². The summed E-state index contributed by atoms with van der Waals surface area (Å²) in [5.41, 5.74) is 2.00. The summed E-state index contributed by atoms with van der Waals surface area (Å²) in [7, 11) is 0. The van der Waals surface area contributed by atoms with Crippen LogP contribution in [0.4, 0.5) is 0 Å². The number of halogens is 1. The molecular weight excluding hydrogens is 472 g/mol. The van der Waals surface area contributed by atoms with Crippen molar-refractivity contribution in [3.63, 3.8) is 0 Å². The van der Waals surface area contributed by atoms with Crippen LogP contribution in [0.1, 0.15) is 50.2 Å². The summed E-state index contributed by atoms with van der Waals surface area (Å²) in [5, 5.41) is 3.14. The molecule has 2 aromatic carbocycles. The smallest absolute Gasteiger partial charge is 0.242 e. The molecule has 0 aromatic heterocycles. The summed E-state index contributed by atoms with van der Waals surface area (Å²) >= 11 is 3.45. The van der Waals surface area contributed by atoms with Crippen molar-refractivity contribution >= 4 is 27.7 Å². The molecule has 0 unspecified atom stereocenters. The van der Waals surface area contributed by atoms with E-state index in [2.05, 4.69) is 21.2 Å². The molecule has 7 heteroatoms. The maximum atomic E-state index is 13.3. The molecule has 6 nitrogen and oxygen atoms in total. The second kappa shape index (κ2) is 10.4. The van der Waals surface area contributed by atoms with Crippen LogP contribution in [0.5, 0.6) is 11.5 Å². The maximum absolute atomic E-state index is 13.3. The van der Waals surface area contributed by atoms with Crippen LogP contribution >= 0.6 is 15.9 Å². The predicted octanol–water partition coefficient (Wildman–Crippen LogP) is 4.59. The number of fused-ring (bicyclic) bond motifs is 1. The number of nitrogens with zero attached hydrogens (tertiary/aromatic N) is 1. The van der Waals surface area contributed by atoms with E-state index in [1.807, 2.05) is 49.4 Å². The number of amides is 2. The van der Waals surface area contributed by atoms with Crippen LogP contribution in [-0.2, 0) is 22.6 Å². The molecule has 4 rings (SSSR count). The number of hydrogen-bond donors (Lipinski definition) is 1. The fourth-order valence-electron chi connectivity index (χ4n) is 4.25. The van der Waals surface area contributed by atoms with Crippen molar-refractivity contribution in [1.82, 2.24) is 10.2 Å². The van der Waals surface area contributed by atoms with Gasteiger partial charge in [-0.3, -0.25) is 9.59 Å². The van der Waals surface area contributed by atoms with E-state index in [0.717, 1.165) is 47.0 Å². The van der Waals surface area contributed by atoms with Gasteiger partial charge in [-0.15, -0.1) is 0 Å². The first-order valence-corrected chi connectivity index (χ1v) is 12.0. The van der Waals surface area contributed by atoms with Gasteiger partial charge in [0.2, 0.25) is 18.6 Å². The van der Waals surface area contributed by atoms with Crippen LogP contribution in [0.25, 0.3) is 0 Å². The van der Waals surface area contributed by atoms with E-state index < -0.39 is 6.04 Å². The average molecular weight is 501 g/mol. The Labute approximate surface area is 197 Å². The van der Waals surface area contributed by atoms with Gasteiger partial charge in [0.1, 0.15) is 6.04 Å². The fraction of sp³-hybridized carbons (Fsp3) is 0.440. The number of benzene rings is 2. The zero-order valence-electron chi connectivity index (χ0n) is 18.3. The van der Waals surface area contributed by atoms with Crippen molar-refractivity contribution in [3.8, 4) is 11.5 Å². The first-order chi connectivity index (χ1) is 15.5. The lowest BCUT2D eigenvalue weighted by Crippen LogP contribution is -2.49. The largest absolute Gasteiger partial charge is 0.454 e. The molecule has 2 aliphatic rings. The van der Waals surface area contributed by atoms with E-state index >= 15 is 0 Å². The van der Waals surface area contributed by atoms with Gasteiger partial charge < -0.3 is 19.7 Å². The van der Waals surface area contributed by atoms with Gasteiger partial charge in [-0.2, -0.15) is 0 Å². The number of aryl methyl sites for hydroxylation is 1. The topological polar surface area (TPSA) is 67.9 Å². The summed E-state index contributed by atoms with van der Waals surface area (Å²) < 4.78 is 11.8. The highest BCUT2D eigenvalue weighted by atomic mass is 79.9. The molecule has 2 amide bonds. The highest BCUT2D eigenvalue weighted by Crippen LogP contribution is 2.33. The molecular formula is C25H29BrN2O4. The SMILES string of the molecule is C[C@H](C(=O)NC1CCCC1)N(Cc1ccc(Br)cc1)C(=O)CCc1ccc2c(c1)OCO2. The average Bonchev–Trinajstić information content (AvgIpc) is 3.48. The highest BCUT2D eigenvalue weighted by Gasteiger charge is 2.28. The summed E-state index contributed by atoms with van der Waals surface area (Å²) in [6.45, 7) is 2.44. The summed E-state index contributed by atoms with van der Waals surface area (Å²) in [6, 6.07) is 13.3. The van der Waals surface area contributed by atoms with E-state index in [4.69, 9.17) is 9.47 Å². The Morgan fingerprint density at radius 3 is 2.50 bits per heavy atom. The number of carbonyl (C=O) groups is 2. The molecule has 1 fully saturated rings. The molecule has 1 heterocycles. The lowest BCUT2D eigenvalue weighted by molar-refractivity contribution is -0.140. The van der Waals surface area contributed by atoms with E-state index in [-0.39, 0.29) is 24.6 Å². The van der Waals surface area contributed by atoms with Crippen LogP contribution in [0.3, 0.4) is 0 Å². The van der Waals surface area contributed by atoms with Gasteiger partial charge in [0.25, 0.3) is 0 Å². The van der Waals surface area contributed by atoms with E-state index in [0.29, 0.717) is 25.1 Å². The van der Waals surface area contributed by atoms with E-state index in [1.54, 1.807) is 4.90 Å². The maximum Gasteiger partial charge on any atom is 0.242 e.